The maximum absolute atomic E-state index is 10.6. The van der Waals surface area contributed by atoms with Crippen LogP contribution in [0, 0.1) is 10.1 Å². The van der Waals surface area contributed by atoms with Gasteiger partial charge in [0.15, 0.2) is 0 Å². The maximum Gasteiger partial charge on any atom is 0.229 e. The Kier molecular flexibility index (Phi) is 3.24. The Balaban J connectivity index is 2.31. The van der Waals surface area contributed by atoms with Gasteiger partial charge in [-0.25, -0.2) is 0 Å². The van der Waals surface area contributed by atoms with Crippen LogP contribution in [0.1, 0.15) is 19.6 Å². The van der Waals surface area contributed by atoms with Crippen LogP contribution in [0.15, 0.2) is 22.8 Å². The highest BCUT2D eigenvalue weighted by Gasteiger charge is 2.29. The molecule has 0 saturated heterocycles. The van der Waals surface area contributed by atoms with E-state index in [4.69, 9.17) is 4.42 Å². The normalized spacial score (nSPS) is 11.6. The Hall–Kier alpha value is -1.36. The van der Waals surface area contributed by atoms with Gasteiger partial charge in [-0.1, -0.05) is 0 Å². The summed E-state index contributed by atoms with van der Waals surface area (Å²) in [5, 5.41) is 13.5. The molecule has 5 nitrogen and oxygen atoms in total. The molecule has 0 amide bonds. The van der Waals surface area contributed by atoms with Crippen LogP contribution < -0.4 is 5.32 Å². The topological polar surface area (TPSA) is 68.3 Å². The zero-order valence-corrected chi connectivity index (χ0v) is 8.32. The molecule has 78 valence electrons. The lowest BCUT2D eigenvalue weighted by molar-refractivity contribution is -0.558. The molecule has 0 spiro atoms. The average molecular weight is 198 g/mol. The van der Waals surface area contributed by atoms with E-state index in [1.807, 2.05) is 6.07 Å². The molecule has 0 aromatic carbocycles. The van der Waals surface area contributed by atoms with Crippen LogP contribution in [0.2, 0.25) is 0 Å². The van der Waals surface area contributed by atoms with Crippen LogP contribution in [-0.2, 0) is 6.54 Å². The highest BCUT2D eigenvalue weighted by molar-refractivity contribution is 4.97. The molecule has 0 radical (unpaired) electrons. The van der Waals surface area contributed by atoms with E-state index < -0.39 is 5.54 Å². The number of furan rings is 1. The van der Waals surface area contributed by atoms with Crippen molar-refractivity contribution < 1.29 is 9.34 Å². The number of nitrogens with one attached hydrogen (secondary N) is 1. The Bertz CT molecular complexity index is 293. The van der Waals surface area contributed by atoms with Gasteiger partial charge in [-0.3, -0.25) is 10.1 Å². The number of nitro groups is 1. The van der Waals surface area contributed by atoms with E-state index in [-0.39, 0.29) is 4.92 Å². The SMILES string of the molecule is CC(C)(CNCc1ccco1)[N+](=O)[O-]. The van der Waals surface area contributed by atoms with E-state index in [9.17, 15) is 10.1 Å². The smallest absolute Gasteiger partial charge is 0.229 e. The third-order valence-corrected chi connectivity index (χ3v) is 1.93. The number of hydrogen-bond donors (Lipinski definition) is 1. The monoisotopic (exact) mass is 198 g/mol. The minimum absolute atomic E-state index is 0.290. The fourth-order valence-electron chi connectivity index (χ4n) is 0.969. The average Bonchev–Trinajstić information content (AvgIpc) is 2.56. The summed E-state index contributed by atoms with van der Waals surface area (Å²) >= 11 is 0. The first-order valence-electron chi connectivity index (χ1n) is 4.40. The molecule has 0 atom stereocenters. The van der Waals surface area contributed by atoms with Crippen molar-refractivity contribution >= 4 is 0 Å². The molecule has 0 bridgehead atoms. The van der Waals surface area contributed by atoms with Gasteiger partial charge in [0.25, 0.3) is 0 Å². The van der Waals surface area contributed by atoms with Gasteiger partial charge in [0.05, 0.1) is 19.4 Å². The van der Waals surface area contributed by atoms with Crippen LogP contribution in [0.3, 0.4) is 0 Å². The molecule has 14 heavy (non-hydrogen) atoms. The summed E-state index contributed by atoms with van der Waals surface area (Å²) in [5.41, 5.74) is -0.938. The lowest BCUT2D eigenvalue weighted by Gasteiger charge is -2.15. The Labute approximate surface area is 82.3 Å². The molecule has 1 N–H and O–H groups in total. The van der Waals surface area contributed by atoms with E-state index in [1.54, 1.807) is 26.2 Å². The summed E-state index contributed by atoms with van der Waals surface area (Å²) in [7, 11) is 0. The van der Waals surface area contributed by atoms with Crippen molar-refractivity contribution in [2.75, 3.05) is 6.54 Å². The van der Waals surface area contributed by atoms with Crippen molar-refractivity contribution in [3.8, 4) is 0 Å². The van der Waals surface area contributed by atoms with Crippen molar-refractivity contribution in [1.29, 1.82) is 0 Å². The molecule has 0 fully saturated rings. The van der Waals surface area contributed by atoms with Crippen molar-refractivity contribution in [2.45, 2.75) is 25.9 Å². The molecule has 1 aromatic rings. The first-order chi connectivity index (χ1) is 6.52. The zero-order chi connectivity index (χ0) is 10.6. The minimum atomic E-state index is -0.938. The first kappa shape index (κ1) is 10.7. The van der Waals surface area contributed by atoms with Crippen LogP contribution in [0.4, 0.5) is 0 Å². The van der Waals surface area contributed by atoms with Crippen LogP contribution >= 0.6 is 0 Å². The van der Waals surface area contributed by atoms with E-state index in [2.05, 4.69) is 5.32 Å². The fraction of sp³-hybridized carbons (Fsp3) is 0.556. The molecule has 0 aliphatic heterocycles. The number of nitrogens with zero attached hydrogens (tertiary/aromatic N) is 1. The molecule has 1 heterocycles. The third kappa shape index (κ3) is 2.85. The van der Waals surface area contributed by atoms with Crippen molar-refractivity contribution in [3.63, 3.8) is 0 Å². The summed E-state index contributed by atoms with van der Waals surface area (Å²) in [5.74, 6) is 0.782. The van der Waals surface area contributed by atoms with Crippen LogP contribution in [-0.4, -0.2) is 17.0 Å². The van der Waals surface area contributed by atoms with E-state index in [1.165, 1.54) is 0 Å². The molecule has 0 aliphatic carbocycles. The molecule has 1 rings (SSSR count). The van der Waals surface area contributed by atoms with Gasteiger partial charge < -0.3 is 9.73 Å². The quantitative estimate of drug-likeness (QED) is 0.574. The summed E-state index contributed by atoms with van der Waals surface area (Å²) < 4.78 is 5.08. The fourth-order valence-corrected chi connectivity index (χ4v) is 0.969. The van der Waals surface area contributed by atoms with Gasteiger partial charge in [-0.05, 0) is 12.1 Å². The summed E-state index contributed by atoms with van der Waals surface area (Å²) in [4.78, 5) is 10.3. The number of hydrogen-bond acceptors (Lipinski definition) is 4. The van der Waals surface area contributed by atoms with Crippen molar-refractivity contribution in [3.05, 3.63) is 34.3 Å². The van der Waals surface area contributed by atoms with Crippen molar-refractivity contribution in [1.82, 2.24) is 5.32 Å². The summed E-state index contributed by atoms with van der Waals surface area (Å²) in [6.07, 6.45) is 1.58. The van der Waals surface area contributed by atoms with Gasteiger partial charge in [0.1, 0.15) is 5.76 Å². The molecule has 0 aliphatic rings. The summed E-state index contributed by atoms with van der Waals surface area (Å²) in [6.45, 7) is 4.01. The van der Waals surface area contributed by atoms with Gasteiger partial charge in [0, 0.05) is 18.8 Å². The predicted molar refractivity (Wildman–Crippen MR) is 51.5 cm³/mol. The second kappa shape index (κ2) is 4.23. The molecule has 0 unspecified atom stereocenters. The third-order valence-electron chi connectivity index (χ3n) is 1.93. The van der Waals surface area contributed by atoms with Gasteiger partial charge >= 0.3 is 0 Å². The second-order valence-electron chi connectivity index (χ2n) is 3.75. The Morgan fingerprint density at radius 1 is 1.64 bits per heavy atom. The van der Waals surface area contributed by atoms with E-state index >= 15 is 0 Å². The van der Waals surface area contributed by atoms with Gasteiger partial charge in [-0.15, -0.1) is 0 Å². The van der Waals surface area contributed by atoms with Gasteiger partial charge in [0.2, 0.25) is 5.54 Å². The zero-order valence-electron chi connectivity index (χ0n) is 8.32. The highest BCUT2D eigenvalue weighted by Crippen LogP contribution is 2.06. The first-order valence-corrected chi connectivity index (χ1v) is 4.40. The van der Waals surface area contributed by atoms with Crippen LogP contribution in [0.25, 0.3) is 0 Å². The Morgan fingerprint density at radius 2 is 2.36 bits per heavy atom. The molecular weight excluding hydrogens is 184 g/mol. The van der Waals surface area contributed by atoms with Crippen LogP contribution in [0.5, 0.6) is 0 Å². The highest BCUT2D eigenvalue weighted by atomic mass is 16.6. The maximum atomic E-state index is 10.6. The van der Waals surface area contributed by atoms with Crippen molar-refractivity contribution in [2.24, 2.45) is 0 Å². The minimum Gasteiger partial charge on any atom is -0.468 e. The Morgan fingerprint density at radius 3 is 2.86 bits per heavy atom. The molecule has 0 saturated carbocycles. The lowest BCUT2D eigenvalue weighted by atomic mass is 10.1. The van der Waals surface area contributed by atoms with E-state index in [0.717, 1.165) is 5.76 Å². The lowest BCUT2D eigenvalue weighted by Crippen LogP contribution is -2.41. The second-order valence-corrected chi connectivity index (χ2v) is 3.75. The summed E-state index contributed by atoms with van der Waals surface area (Å²) in [6, 6.07) is 3.61. The number of rotatable bonds is 5. The predicted octanol–water partition coefficient (Wildman–Crippen LogP) is 1.42. The largest absolute Gasteiger partial charge is 0.468 e. The standard InChI is InChI=1S/C9H14N2O3/c1-9(2,11(12)13)7-10-6-8-4-3-5-14-8/h3-5,10H,6-7H2,1-2H3. The molecule has 1 aromatic heterocycles. The molecular formula is C9H14N2O3. The van der Waals surface area contributed by atoms with E-state index in [0.29, 0.717) is 13.1 Å². The molecule has 5 heteroatoms. The van der Waals surface area contributed by atoms with Gasteiger partial charge in [-0.2, -0.15) is 0 Å².